The maximum atomic E-state index is 10.2. The average molecular weight is 196 g/mol. The fourth-order valence-corrected chi connectivity index (χ4v) is 0.788. The van der Waals surface area contributed by atoms with Crippen LogP contribution in [0.1, 0.15) is 25.8 Å². The Kier molecular flexibility index (Phi) is 6.20. The lowest BCUT2D eigenvalue weighted by atomic mass is 10.1. The molecule has 78 valence electrons. The van der Waals surface area contributed by atoms with Crippen molar-refractivity contribution < 1.29 is 15.0 Å². The summed E-state index contributed by atoms with van der Waals surface area (Å²) < 4.78 is 0. The summed E-state index contributed by atoms with van der Waals surface area (Å²) in [5.41, 5.74) is 0.690. The van der Waals surface area contributed by atoms with E-state index < -0.39 is 5.97 Å². The number of carboxylic acid groups (broad SMARTS) is 1. The normalized spacial score (nSPS) is 8.71. The largest absolute Gasteiger partial charge is 0.508 e. The number of phenols is 1. The van der Waals surface area contributed by atoms with Gasteiger partial charge in [0.1, 0.15) is 5.75 Å². The first kappa shape index (κ1) is 12.5. The molecule has 0 aliphatic heterocycles. The minimum Gasteiger partial charge on any atom is -0.508 e. The van der Waals surface area contributed by atoms with Crippen molar-refractivity contribution in [3.8, 4) is 5.75 Å². The zero-order valence-electron chi connectivity index (χ0n) is 8.53. The van der Waals surface area contributed by atoms with E-state index in [4.69, 9.17) is 10.2 Å². The second-order valence-electron chi connectivity index (χ2n) is 2.94. The quantitative estimate of drug-likeness (QED) is 0.763. The molecule has 0 aliphatic rings. The van der Waals surface area contributed by atoms with Crippen LogP contribution in [0.5, 0.6) is 5.75 Å². The molecule has 3 heteroatoms. The predicted molar refractivity (Wildman–Crippen MR) is 55.4 cm³/mol. The van der Waals surface area contributed by atoms with Crippen LogP contribution >= 0.6 is 0 Å². The molecule has 0 radical (unpaired) electrons. The van der Waals surface area contributed by atoms with E-state index in [1.54, 1.807) is 12.1 Å². The molecule has 1 aromatic carbocycles. The first-order valence-corrected chi connectivity index (χ1v) is 4.59. The summed E-state index contributed by atoms with van der Waals surface area (Å²) in [6.07, 6.45) is 1.25. The van der Waals surface area contributed by atoms with Gasteiger partial charge in [-0.05, 0) is 17.7 Å². The van der Waals surface area contributed by atoms with Crippen LogP contribution in [0, 0.1) is 0 Å². The lowest BCUT2D eigenvalue weighted by molar-refractivity contribution is -0.136. The van der Waals surface area contributed by atoms with Crippen LogP contribution in [0.3, 0.4) is 0 Å². The molecule has 0 aliphatic carbocycles. The van der Waals surface area contributed by atoms with Gasteiger partial charge in [-0.3, -0.25) is 4.79 Å². The van der Waals surface area contributed by atoms with Gasteiger partial charge in [0.2, 0.25) is 0 Å². The third-order valence-corrected chi connectivity index (χ3v) is 1.29. The van der Waals surface area contributed by atoms with Gasteiger partial charge in [-0.1, -0.05) is 32.4 Å². The Morgan fingerprint density at radius 3 is 2.00 bits per heavy atom. The van der Waals surface area contributed by atoms with Gasteiger partial charge in [0.25, 0.3) is 0 Å². The number of hydrogen-bond donors (Lipinski definition) is 2. The SMILES string of the molecule is CCC.O=C(O)Cc1ccc(O)cc1. The number of phenolic OH excluding ortho intramolecular Hbond substituents is 1. The molecule has 0 bridgehead atoms. The topological polar surface area (TPSA) is 57.5 Å². The summed E-state index contributed by atoms with van der Waals surface area (Å²) in [6, 6.07) is 6.11. The average Bonchev–Trinajstić information content (AvgIpc) is 2.09. The van der Waals surface area contributed by atoms with Gasteiger partial charge in [0.05, 0.1) is 6.42 Å². The molecular formula is C11H16O3. The van der Waals surface area contributed by atoms with Crippen molar-refractivity contribution in [1.82, 2.24) is 0 Å². The second-order valence-corrected chi connectivity index (χ2v) is 2.94. The molecule has 2 N–H and O–H groups in total. The molecule has 0 aromatic heterocycles. The molecule has 0 unspecified atom stereocenters. The Bertz CT molecular complexity index is 264. The van der Waals surface area contributed by atoms with E-state index in [9.17, 15) is 4.79 Å². The number of aliphatic carboxylic acids is 1. The highest BCUT2D eigenvalue weighted by Gasteiger charge is 1.98. The Labute approximate surface area is 84.0 Å². The Hall–Kier alpha value is -1.51. The van der Waals surface area contributed by atoms with Crippen molar-refractivity contribution in [2.75, 3.05) is 0 Å². The van der Waals surface area contributed by atoms with Crippen LogP contribution in [0.4, 0.5) is 0 Å². The number of aromatic hydroxyl groups is 1. The second kappa shape index (κ2) is 6.95. The maximum Gasteiger partial charge on any atom is 0.307 e. The van der Waals surface area contributed by atoms with Gasteiger partial charge in [-0.15, -0.1) is 0 Å². The van der Waals surface area contributed by atoms with E-state index in [2.05, 4.69) is 13.8 Å². The number of hydrogen-bond acceptors (Lipinski definition) is 2. The first-order chi connectivity index (χ1) is 6.60. The van der Waals surface area contributed by atoms with Crippen LogP contribution in [-0.4, -0.2) is 16.2 Å². The Morgan fingerprint density at radius 1 is 1.21 bits per heavy atom. The zero-order chi connectivity index (χ0) is 11.0. The van der Waals surface area contributed by atoms with Crippen LogP contribution in [-0.2, 0) is 11.2 Å². The van der Waals surface area contributed by atoms with Gasteiger partial charge >= 0.3 is 5.97 Å². The summed E-state index contributed by atoms with van der Waals surface area (Å²) in [5.74, 6) is -0.713. The molecule has 0 atom stereocenters. The van der Waals surface area contributed by atoms with Gasteiger partial charge in [-0.2, -0.15) is 0 Å². The van der Waals surface area contributed by atoms with Crippen molar-refractivity contribution in [3.63, 3.8) is 0 Å². The van der Waals surface area contributed by atoms with Crippen molar-refractivity contribution >= 4 is 5.97 Å². The monoisotopic (exact) mass is 196 g/mol. The molecule has 0 spiro atoms. The highest BCUT2D eigenvalue weighted by Crippen LogP contribution is 2.09. The minimum atomic E-state index is -0.865. The molecule has 0 saturated heterocycles. The number of carboxylic acids is 1. The van der Waals surface area contributed by atoms with Crippen molar-refractivity contribution in [2.45, 2.75) is 26.7 Å². The molecule has 1 aromatic rings. The van der Waals surface area contributed by atoms with E-state index in [0.717, 1.165) is 0 Å². The fourth-order valence-electron chi connectivity index (χ4n) is 0.788. The van der Waals surface area contributed by atoms with Crippen LogP contribution < -0.4 is 0 Å². The third kappa shape index (κ3) is 6.06. The summed E-state index contributed by atoms with van der Waals surface area (Å²) in [5, 5.41) is 17.2. The van der Waals surface area contributed by atoms with Crippen molar-refractivity contribution in [2.24, 2.45) is 0 Å². The Balaban J connectivity index is 0.000000500. The lowest BCUT2D eigenvalue weighted by Crippen LogP contribution is -1.98. The fraction of sp³-hybridized carbons (Fsp3) is 0.364. The first-order valence-electron chi connectivity index (χ1n) is 4.59. The summed E-state index contributed by atoms with van der Waals surface area (Å²) >= 11 is 0. The Morgan fingerprint density at radius 2 is 1.64 bits per heavy atom. The minimum absolute atomic E-state index is 0.000278. The standard InChI is InChI=1S/C8H8O3.C3H8/c9-7-3-1-6(2-4-7)5-8(10)11;1-3-2/h1-4,9H,5H2,(H,10,11);3H2,1-2H3. The van der Waals surface area contributed by atoms with Gasteiger partial charge in [-0.25, -0.2) is 0 Å². The summed E-state index contributed by atoms with van der Waals surface area (Å²) in [7, 11) is 0. The van der Waals surface area contributed by atoms with E-state index in [0.29, 0.717) is 5.56 Å². The molecule has 1 rings (SSSR count). The number of rotatable bonds is 2. The van der Waals surface area contributed by atoms with E-state index in [-0.39, 0.29) is 12.2 Å². The van der Waals surface area contributed by atoms with E-state index >= 15 is 0 Å². The molecule has 0 saturated carbocycles. The van der Waals surface area contributed by atoms with Crippen molar-refractivity contribution in [3.05, 3.63) is 29.8 Å². The van der Waals surface area contributed by atoms with Crippen LogP contribution in [0.2, 0.25) is 0 Å². The third-order valence-electron chi connectivity index (χ3n) is 1.29. The molecule has 0 fully saturated rings. The highest BCUT2D eigenvalue weighted by atomic mass is 16.4. The molecule has 0 heterocycles. The maximum absolute atomic E-state index is 10.2. The molecule has 14 heavy (non-hydrogen) atoms. The molecule has 0 amide bonds. The van der Waals surface area contributed by atoms with Crippen LogP contribution in [0.25, 0.3) is 0 Å². The predicted octanol–water partition coefficient (Wildman–Crippen LogP) is 2.44. The van der Waals surface area contributed by atoms with Gasteiger partial charge < -0.3 is 10.2 Å². The molecule has 3 nitrogen and oxygen atoms in total. The van der Waals surface area contributed by atoms with E-state index in [1.165, 1.54) is 18.6 Å². The number of benzene rings is 1. The summed E-state index contributed by atoms with van der Waals surface area (Å²) in [6.45, 7) is 4.25. The summed E-state index contributed by atoms with van der Waals surface area (Å²) in [4.78, 5) is 10.2. The van der Waals surface area contributed by atoms with Crippen LogP contribution in [0.15, 0.2) is 24.3 Å². The smallest absolute Gasteiger partial charge is 0.307 e. The number of carbonyl (C=O) groups is 1. The van der Waals surface area contributed by atoms with Gasteiger partial charge in [0.15, 0.2) is 0 Å². The van der Waals surface area contributed by atoms with Crippen molar-refractivity contribution in [1.29, 1.82) is 0 Å². The zero-order valence-corrected chi connectivity index (χ0v) is 8.53. The van der Waals surface area contributed by atoms with E-state index in [1.807, 2.05) is 0 Å². The van der Waals surface area contributed by atoms with Gasteiger partial charge in [0, 0.05) is 0 Å². The molecular weight excluding hydrogens is 180 g/mol. The highest BCUT2D eigenvalue weighted by molar-refractivity contribution is 5.70. The lowest BCUT2D eigenvalue weighted by Gasteiger charge is -1.95.